The second kappa shape index (κ2) is 8.39. The van der Waals surface area contributed by atoms with Crippen molar-refractivity contribution in [1.29, 1.82) is 0 Å². The van der Waals surface area contributed by atoms with Crippen molar-refractivity contribution in [3.63, 3.8) is 0 Å². The summed E-state index contributed by atoms with van der Waals surface area (Å²) in [7, 11) is 1.44. The van der Waals surface area contributed by atoms with E-state index in [-0.39, 0.29) is 17.4 Å². The molecule has 1 saturated heterocycles. The topological polar surface area (TPSA) is 49.9 Å². The number of hydrogen-bond donors (Lipinski definition) is 0. The Hall–Kier alpha value is -2.60. The maximum absolute atomic E-state index is 13.5. The molecule has 7 heteroatoms. The molecule has 0 atom stereocenters. The lowest BCUT2D eigenvalue weighted by atomic mass is 10.1. The number of carbonyl (C=O) groups excluding carboxylic acids is 2. The van der Waals surface area contributed by atoms with Crippen LogP contribution in [0.1, 0.15) is 15.9 Å². The van der Waals surface area contributed by atoms with Crippen LogP contribution in [0.2, 0.25) is 5.02 Å². The molecule has 142 valence electrons. The fraction of sp³-hybridized carbons (Fsp3) is 0.300. The molecule has 0 aliphatic carbocycles. The molecule has 2 amide bonds. The van der Waals surface area contributed by atoms with Gasteiger partial charge in [-0.2, -0.15) is 0 Å². The second-order valence-electron chi connectivity index (χ2n) is 6.32. The van der Waals surface area contributed by atoms with Crippen LogP contribution >= 0.6 is 11.6 Å². The van der Waals surface area contributed by atoms with E-state index in [1.807, 2.05) is 12.1 Å². The minimum absolute atomic E-state index is 0.00718. The van der Waals surface area contributed by atoms with Crippen LogP contribution in [0.25, 0.3) is 0 Å². The van der Waals surface area contributed by atoms with E-state index >= 15 is 0 Å². The molecule has 2 aromatic carbocycles. The summed E-state index contributed by atoms with van der Waals surface area (Å²) >= 11 is 5.86. The molecule has 1 fully saturated rings. The average Bonchev–Trinajstić information content (AvgIpc) is 2.69. The standard InChI is InChI=1S/C20H20ClFN2O3/c1-27-18-7-6-16(22)13-17(18)20(26)24-10-8-23(9-11-24)19(25)12-14-2-4-15(21)5-3-14/h2-7,13H,8-12H2,1H3. The van der Waals surface area contributed by atoms with Gasteiger partial charge < -0.3 is 14.5 Å². The highest BCUT2D eigenvalue weighted by Gasteiger charge is 2.26. The third kappa shape index (κ3) is 4.57. The molecule has 1 aliphatic heterocycles. The minimum Gasteiger partial charge on any atom is -0.496 e. The first-order valence-corrected chi connectivity index (χ1v) is 9.01. The quantitative estimate of drug-likeness (QED) is 0.806. The first kappa shape index (κ1) is 19.2. The van der Waals surface area contributed by atoms with Gasteiger partial charge in [0.1, 0.15) is 11.6 Å². The number of benzene rings is 2. The lowest BCUT2D eigenvalue weighted by Crippen LogP contribution is -2.51. The second-order valence-corrected chi connectivity index (χ2v) is 6.76. The molecule has 0 saturated carbocycles. The van der Waals surface area contributed by atoms with Crippen LogP contribution < -0.4 is 4.74 Å². The maximum atomic E-state index is 13.5. The number of hydrogen-bond acceptors (Lipinski definition) is 3. The molecule has 27 heavy (non-hydrogen) atoms. The number of amides is 2. The molecule has 0 spiro atoms. The van der Waals surface area contributed by atoms with Crippen LogP contribution in [0.5, 0.6) is 5.75 Å². The van der Waals surface area contributed by atoms with Gasteiger partial charge in [-0.3, -0.25) is 9.59 Å². The Labute approximate surface area is 162 Å². The van der Waals surface area contributed by atoms with Gasteiger partial charge in [-0.1, -0.05) is 23.7 Å². The zero-order valence-corrected chi connectivity index (χ0v) is 15.7. The highest BCUT2D eigenvalue weighted by atomic mass is 35.5. The van der Waals surface area contributed by atoms with E-state index in [1.54, 1.807) is 21.9 Å². The monoisotopic (exact) mass is 390 g/mol. The van der Waals surface area contributed by atoms with Crippen LogP contribution in [0.15, 0.2) is 42.5 Å². The summed E-state index contributed by atoms with van der Waals surface area (Å²) in [5.74, 6) is -0.442. The molecule has 0 unspecified atom stereocenters. The number of methoxy groups -OCH3 is 1. The van der Waals surface area contributed by atoms with E-state index in [4.69, 9.17) is 16.3 Å². The van der Waals surface area contributed by atoms with Crippen LogP contribution in [-0.2, 0) is 11.2 Å². The van der Waals surface area contributed by atoms with Gasteiger partial charge in [0.2, 0.25) is 5.91 Å². The lowest BCUT2D eigenvalue weighted by Gasteiger charge is -2.35. The summed E-state index contributed by atoms with van der Waals surface area (Å²) in [6, 6.07) is 11.0. The molecule has 0 aromatic heterocycles. The molecule has 1 aliphatic rings. The van der Waals surface area contributed by atoms with E-state index in [0.717, 1.165) is 5.56 Å². The van der Waals surface area contributed by atoms with Gasteiger partial charge in [-0.05, 0) is 35.9 Å². The molecule has 0 N–H and O–H groups in total. The van der Waals surface area contributed by atoms with Crippen molar-refractivity contribution in [1.82, 2.24) is 9.80 Å². The van der Waals surface area contributed by atoms with Gasteiger partial charge in [0.15, 0.2) is 0 Å². The molecular formula is C20H20ClFN2O3. The highest BCUT2D eigenvalue weighted by Crippen LogP contribution is 2.22. The van der Waals surface area contributed by atoms with E-state index < -0.39 is 5.82 Å². The van der Waals surface area contributed by atoms with Gasteiger partial charge in [0.05, 0.1) is 19.1 Å². The Morgan fingerprint density at radius 1 is 1.04 bits per heavy atom. The number of piperazine rings is 1. The first-order valence-electron chi connectivity index (χ1n) is 8.63. The Bertz CT molecular complexity index is 834. The van der Waals surface area contributed by atoms with Crippen molar-refractivity contribution in [2.45, 2.75) is 6.42 Å². The zero-order chi connectivity index (χ0) is 19.4. The summed E-state index contributed by atoms with van der Waals surface area (Å²) in [5, 5.41) is 0.631. The SMILES string of the molecule is COc1ccc(F)cc1C(=O)N1CCN(C(=O)Cc2ccc(Cl)cc2)CC1. The van der Waals surface area contributed by atoms with Crippen molar-refractivity contribution >= 4 is 23.4 Å². The van der Waals surface area contributed by atoms with Gasteiger partial charge in [-0.15, -0.1) is 0 Å². The van der Waals surface area contributed by atoms with Crippen molar-refractivity contribution in [3.8, 4) is 5.75 Å². The number of carbonyl (C=O) groups is 2. The third-order valence-electron chi connectivity index (χ3n) is 4.58. The first-order chi connectivity index (χ1) is 13.0. The highest BCUT2D eigenvalue weighted by molar-refractivity contribution is 6.30. The Morgan fingerprint density at radius 2 is 1.67 bits per heavy atom. The predicted molar refractivity (Wildman–Crippen MR) is 101 cm³/mol. The number of halogens is 2. The van der Waals surface area contributed by atoms with Crippen molar-refractivity contribution in [2.24, 2.45) is 0 Å². The van der Waals surface area contributed by atoms with Crippen LogP contribution in [-0.4, -0.2) is 54.9 Å². The smallest absolute Gasteiger partial charge is 0.257 e. The van der Waals surface area contributed by atoms with Crippen molar-refractivity contribution in [2.75, 3.05) is 33.3 Å². The van der Waals surface area contributed by atoms with Gasteiger partial charge in [0, 0.05) is 31.2 Å². The average molecular weight is 391 g/mol. The summed E-state index contributed by atoms with van der Waals surface area (Å²) in [6.45, 7) is 1.67. The third-order valence-corrected chi connectivity index (χ3v) is 4.83. The molecule has 0 bridgehead atoms. The van der Waals surface area contributed by atoms with Gasteiger partial charge in [-0.25, -0.2) is 4.39 Å². The Kier molecular flexibility index (Phi) is 5.96. The summed E-state index contributed by atoms with van der Waals surface area (Å²) in [4.78, 5) is 28.5. The summed E-state index contributed by atoms with van der Waals surface area (Å²) in [5.41, 5.74) is 1.09. The molecule has 0 radical (unpaired) electrons. The van der Waals surface area contributed by atoms with Crippen molar-refractivity contribution in [3.05, 3.63) is 64.4 Å². The zero-order valence-electron chi connectivity index (χ0n) is 15.0. The minimum atomic E-state index is -0.490. The lowest BCUT2D eigenvalue weighted by molar-refractivity contribution is -0.131. The van der Waals surface area contributed by atoms with E-state index in [2.05, 4.69) is 0 Å². The van der Waals surface area contributed by atoms with Crippen molar-refractivity contribution < 1.29 is 18.7 Å². The molecule has 2 aromatic rings. The maximum Gasteiger partial charge on any atom is 0.257 e. The van der Waals surface area contributed by atoms with Gasteiger partial charge >= 0.3 is 0 Å². The number of ether oxygens (including phenoxy) is 1. The summed E-state index contributed by atoms with van der Waals surface area (Å²) in [6.07, 6.45) is 0.294. The molecule has 1 heterocycles. The van der Waals surface area contributed by atoms with Crippen LogP contribution in [0.3, 0.4) is 0 Å². The predicted octanol–water partition coefficient (Wildman–Crippen LogP) is 3.01. The Balaban J connectivity index is 1.60. The van der Waals surface area contributed by atoms with E-state index in [9.17, 15) is 14.0 Å². The largest absolute Gasteiger partial charge is 0.496 e. The van der Waals surface area contributed by atoms with Crippen LogP contribution in [0.4, 0.5) is 4.39 Å². The number of nitrogens with zero attached hydrogens (tertiary/aromatic N) is 2. The van der Waals surface area contributed by atoms with E-state index in [1.165, 1.54) is 25.3 Å². The normalized spacial score (nSPS) is 14.2. The van der Waals surface area contributed by atoms with Crippen LogP contribution in [0, 0.1) is 5.82 Å². The number of rotatable bonds is 4. The van der Waals surface area contributed by atoms with Gasteiger partial charge in [0.25, 0.3) is 5.91 Å². The summed E-state index contributed by atoms with van der Waals surface area (Å²) < 4.78 is 18.7. The molecule has 3 rings (SSSR count). The fourth-order valence-electron chi connectivity index (χ4n) is 3.07. The van der Waals surface area contributed by atoms with E-state index in [0.29, 0.717) is 43.4 Å². The molecular weight excluding hydrogens is 371 g/mol. The Morgan fingerprint density at radius 3 is 2.30 bits per heavy atom. The fourth-order valence-corrected chi connectivity index (χ4v) is 3.19. The molecule has 5 nitrogen and oxygen atoms in total.